The SMILES string of the molecule is CC[C@H]1CN(C(=O)Nc2ccc(CN3CCN(C)CC3)c(C(F)(F)F)c2)Cc2cc(Oc3ccnc4[nH]c(C(=O)NCCCO)cc34)cnc21. The van der Waals surface area contributed by atoms with E-state index < -0.39 is 17.8 Å². The summed E-state index contributed by atoms with van der Waals surface area (Å²) in [6, 6.07) is 8.62. The number of H-pyrrole nitrogens is 1. The first kappa shape index (κ1) is 35.1. The van der Waals surface area contributed by atoms with Crippen molar-refractivity contribution in [3.63, 3.8) is 0 Å². The summed E-state index contributed by atoms with van der Waals surface area (Å²) in [6.07, 6.45) is -0.278. The topological polar surface area (TPSA) is 139 Å². The van der Waals surface area contributed by atoms with Crippen LogP contribution in [0.2, 0.25) is 0 Å². The van der Waals surface area contributed by atoms with Crippen molar-refractivity contribution < 1.29 is 32.6 Å². The number of carbonyl (C=O) groups excluding carboxylic acids is 2. The van der Waals surface area contributed by atoms with Gasteiger partial charge in [0.25, 0.3) is 5.91 Å². The Balaban J connectivity index is 1.17. The maximum atomic E-state index is 14.2. The highest BCUT2D eigenvalue weighted by molar-refractivity contribution is 5.98. The Kier molecular flexibility index (Phi) is 10.6. The van der Waals surface area contributed by atoms with Crippen molar-refractivity contribution in [3.05, 3.63) is 76.9 Å². The number of ether oxygens (including phenoxy) is 1. The van der Waals surface area contributed by atoms with Crippen LogP contribution in [-0.4, -0.2) is 99.6 Å². The molecular weight excluding hydrogens is 653 g/mol. The van der Waals surface area contributed by atoms with Crippen LogP contribution in [0.15, 0.2) is 48.8 Å². The van der Waals surface area contributed by atoms with Gasteiger partial charge in [-0.1, -0.05) is 13.0 Å². The molecule has 1 saturated heterocycles. The third-order valence-electron chi connectivity index (χ3n) is 9.19. The number of hydrogen-bond donors (Lipinski definition) is 4. The quantitative estimate of drug-likeness (QED) is 0.167. The molecule has 1 atom stereocenters. The Morgan fingerprint density at radius 2 is 1.90 bits per heavy atom. The number of halogens is 3. The van der Waals surface area contributed by atoms with Gasteiger partial charge < -0.3 is 35.3 Å². The van der Waals surface area contributed by atoms with Gasteiger partial charge >= 0.3 is 12.2 Å². The van der Waals surface area contributed by atoms with E-state index in [1.165, 1.54) is 12.1 Å². The Morgan fingerprint density at radius 3 is 2.64 bits per heavy atom. The third-order valence-corrected chi connectivity index (χ3v) is 9.19. The molecule has 2 aliphatic rings. The van der Waals surface area contributed by atoms with E-state index in [0.29, 0.717) is 67.2 Å². The lowest BCUT2D eigenvalue weighted by Gasteiger charge is -2.34. The first-order chi connectivity index (χ1) is 24.0. The van der Waals surface area contributed by atoms with Crippen molar-refractivity contribution in [1.29, 1.82) is 0 Å². The molecule has 0 aliphatic carbocycles. The van der Waals surface area contributed by atoms with E-state index in [2.05, 4.69) is 30.5 Å². The van der Waals surface area contributed by atoms with Gasteiger partial charge in [0.15, 0.2) is 0 Å². The summed E-state index contributed by atoms with van der Waals surface area (Å²) in [5.74, 6) is 0.433. The average Bonchev–Trinajstić information content (AvgIpc) is 3.55. The number of nitrogens with one attached hydrogen (secondary N) is 3. The zero-order valence-electron chi connectivity index (χ0n) is 28.0. The number of aliphatic hydroxyl groups is 1. The van der Waals surface area contributed by atoms with Crippen LogP contribution >= 0.6 is 0 Å². The highest BCUT2D eigenvalue weighted by Gasteiger charge is 2.35. The van der Waals surface area contributed by atoms with Crippen molar-refractivity contribution in [2.24, 2.45) is 0 Å². The van der Waals surface area contributed by atoms with Crippen LogP contribution in [0.3, 0.4) is 0 Å². The fourth-order valence-corrected chi connectivity index (χ4v) is 6.37. The standard InChI is InChI=1S/C35H41F3N8O4/c1-3-22-20-46(34(49)42-25-6-5-23(28(16-25)35(36,37)38)19-45-12-10-44(2)11-13-45)21-24-15-26(18-41-31(22)24)50-30-7-9-39-32-27(30)17-29(43-32)33(48)40-8-4-14-47/h5-7,9,15-18,22,47H,3-4,8,10-14,19-21H2,1-2H3,(H,39,43)(H,40,48)(H,42,49)/t22-/m0/s1. The minimum Gasteiger partial charge on any atom is -0.455 e. The van der Waals surface area contributed by atoms with Gasteiger partial charge in [0.1, 0.15) is 22.8 Å². The summed E-state index contributed by atoms with van der Waals surface area (Å²) >= 11 is 0. The summed E-state index contributed by atoms with van der Waals surface area (Å²) in [4.78, 5) is 43.8. The molecular formula is C35H41F3N8O4. The molecule has 15 heteroatoms. The van der Waals surface area contributed by atoms with E-state index in [-0.39, 0.29) is 42.8 Å². The van der Waals surface area contributed by atoms with Crippen LogP contribution in [-0.2, 0) is 19.3 Å². The minimum atomic E-state index is -4.57. The van der Waals surface area contributed by atoms with Gasteiger partial charge in [0.2, 0.25) is 0 Å². The number of urea groups is 1. The van der Waals surface area contributed by atoms with Crippen molar-refractivity contribution in [2.45, 2.75) is 44.9 Å². The van der Waals surface area contributed by atoms with Crippen LogP contribution in [0.5, 0.6) is 11.5 Å². The minimum absolute atomic E-state index is 0.0308. The predicted octanol–water partition coefficient (Wildman–Crippen LogP) is 5.17. The maximum Gasteiger partial charge on any atom is 0.416 e. The molecule has 12 nitrogen and oxygen atoms in total. The molecule has 0 saturated carbocycles. The molecule has 4 aromatic rings. The van der Waals surface area contributed by atoms with E-state index in [9.17, 15) is 22.8 Å². The van der Waals surface area contributed by atoms with E-state index in [1.807, 2.05) is 18.9 Å². The Labute approximate surface area is 287 Å². The van der Waals surface area contributed by atoms with Crippen molar-refractivity contribution >= 4 is 28.7 Å². The maximum absolute atomic E-state index is 14.2. The van der Waals surface area contributed by atoms with Gasteiger partial charge in [-0.15, -0.1) is 0 Å². The Bertz CT molecular complexity index is 1840. The summed E-state index contributed by atoms with van der Waals surface area (Å²) in [5, 5.41) is 15.0. The number of amides is 3. The van der Waals surface area contributed by atoms with E-state index >= 15 is 0 Å². The molecule has 0 unspecified atom stereocenters. The van der Waals surface area contributed by atoms with Crippen LogP contribution in [0.25, 0.3) is 11.0 Å². The van der Waals surface area contributed by atoms with Gasteiger partial charge in [-0.05, 0) is 61.3 Å². The second kappa shape index (κ2) is 15.0. The number of piperazine rings is 1. The molecule has 4 N–H and O–H groups in total. The molecule has 1 aromatic carbocycles. The Hall–Kier alpha value is -4.73. The van der Waals surface area contributed by atoms with Crippen molar-refractivity contribution in [3.8, 4) is 11.5 Å². The van der Waals surface area contributed by atoms with Crippen LogP contribution in [0.4, 0.5) is 23.7 Å². The number of pyridine rings is 2. The van der Waals surface area contributed by atoms with E-state index in [0.717, 1.165) is 30.4 Å². The number of alkyl halides is 3. The number of benzene rings is 1. The lowest BCUT2D eigenvalue weighted by Crippen LogP contribution is -2.44. The number of carbonyl (C=O) groups is 2. The van der Waals surface area contributed by atoms with Gasteiger partial charge in [-0.25, -0.2) is 9.78 Å². The number of nitrogens with zero attached hydrogens (tertiary/aromatic N) is 5. The van der Waals surface area contributed by atoms with Crippen LogP contribution in [0.1, 0.15) is 58.6 Å². The summed E-state index contributed by atoms with van der Waals surface area (Å²) < 4.78 is 48.7. The van der Waals surface area contributed by atoms with Gasteiger partial charge in [0, 0.05) is 76.8 Å². The second-order valence-corrected chi connectivity index (χ2v) is 12.8. The highest BCUT2D eigenvalue weighted by atomic mass is 19.4. The largest absolute Gasteiger partial charge is 0.455 e. The molecule has 1 fully saturated rings. The highest BCUT2D eigenvalue weighted by Crippen LogP contribution is 2.37. The summed E-state index contributed by atoms with van der Waals surface area (Å²) in [6.45, 7) is 5.99. The molecule has 5 heterocycles. The van der Waals surface area contributed by atoms with Gasteiger partial charge in [-0.3, -0.25) is 14.7 Å². The summed E-state index contributed by atoms with van der Waals surface area (Å²) in [7, 11) is 1.99. The molecule has 266 valence electrons. The number of anilines is 1. The number of aromatic amines is 1. The van der Waals surface area contributed by atoms with E-state index in [4.69, 9.17) is 9.84 Å². The van der Waals surface area contributed by atoms with Crippen molar-refractivity contribution in [2.75, 3.05) is 58.2 Å². The molecule has 0 radical (unpaired) electrons. The zero-order valence-corrected chi connectivity index (χ0v) is 28.0. The smallest absolute Gasteiger partial charge is 0.416 e. The second-order valence-electron chi connectivity index (χ2n) is 12.8. The fourth-order valence-electron chi connectivity index (χ4n) is 6.37. The number of rotatable bonds is 10. The van der Waals surface area contributed by atoms with Gasteiger partial charge in [-0.2, -0.15) is 13.2 Å². The van der Waals surface area contributed by atoms with Gasteiger partial charge in [0.05, 0.1) is 22.8 Å². The molecule has 2 aliphatic heterocycles. The zero-order chi connectivity index (χ0) is 35.4. The normalized spacial score (nSPS) is 17.1. The number of aromatic nitrogens is 3. The number of hydrogen-bond acceptors (Lipinski definition) is 8. The number of fused-ring (bicyclic) bond motifs is 2. The van der Waals surface area contributed by atoms with Crippen LogP contribution < -0.4 is 15.4 Å². The number of aliphatic hydroxyl groups excluding tert-OH is 1. The molecule has 50 heavy (non-hydrogen) atoms. The molecule has 3 amide bonds. The molecule has 0 bridgehead atoms. The van der Waals surface area contributed by atoms with E-state index in [1.54, 1.807) is 35.5 Å². The summed E-state index contributed by atoms with van der Waals surface area (Å²) in [5.41, 5.74) is 1.85. The third kappa shape index (κ3) is 8.01. The number of likely N-dealkylation sites (N-methyl/N-ethyl adjacent to an activating group) is 1. The molecule has 6 rings (SSSR count). The first-order valence-electron chi connectivity index (χ1n) is 16.7. The first-order valence-corrected chi connectivity index (χ1v) is 16.7. The average molecular weight is 695 g/mol. The monoisotopic (exact) mass is 694 g/mol. The molecule has 0 spiro atoms. The lowest BCUT2D eigenvalue weighted by atomic mass is 9.92. The lowest BCUT2D eigenvalue weighted by molar-refractivity contribution is -0.138. The molecule has 3 aromatic heterocycles. The predicted molar refractivity (Wildman–Crippen MR) is 181 cm³/mol. The van der Waals surface area contributed by atoms with Crippen LogP contribution in [0, 0.1) is 0 Å². The van der Waals surface area contributed by atoms with Crippen molar-refractivity contribution in [1.82, 2.24) is 35.0 Å². The Morgan fingerprint density at radius 1 is 1.10 bits per heavy atom. The fraction of sp³-hybridized carbons (Fsp3) is 0.429.